The highest BCUT2D eigenvalue weighted by Crippen LogP contribution is 2.19. The summed E-state index contributed by atoms with van der Waals surface area (Å²) in [5, 5.41) is 16.8. The lowest BCUT2D eigenvalue weighted by molar-refractivity contribution is -0.384. The van der Waals surface area contributed by atoms with Gasteiger partial charge < -0.3 is 15.1 Å². The van der Waals surface area contributed by atoms with Crippen molar-refractivity contribution in [3.05, 3.63) is 58.5 Å². The molecule has 2 aromatic rings. The van der Waals surface area contributed by atoms with Crippen LogP contribution in [0, 0.1) is 10.1 Å². The van der Waals surface area contributed by atoms with Crippen molar-refractivity contribution in [3.63, 3.8) is 0 Å². The van der Waals surface area contributed by atoms with E-state index in [1.807, 2.05) is 38.1 Å². The number of rotatable bonds is 9. The third-order valence-corrected chi connectivity index (χ3v) is 3.99. The van der Waals surface area contributed by atoms with E-state index in [9.17, 15) is 14.9 Å². The first-order valence-electron chi connectivity index (χ1n) is 8.34. The number of hydrogen-bond donors (Lipinski definition) is 2. The molecule has 1 heterocycles. The highest BCUT2D eigenvalue weighted by Gasteiger charge is 2.18. The topological polar surface area (TPSA) is 101 Å². The molecule has 0 saturated heterocycles. The van der Waals surface area contributed by atoms with Gasteiger partial charge in [0.25, 0.3) is 5.69 Å². The molecule has 0 bridgehead atoms. The predicted octanol–water partition coefficient (Wildman–Crippen LogP) is 2.80. The van der Waals surface area contributed by atoms with Gasteiger partial charge in [0.15, 0.2) is 0 Å². The number of furan rings is 1. The number of nitrogens with one attached hydrogen (secondary N) is 2. The molecule has 1 aromatic heterocycles. The summed E-state index contributed by atoms with van der Waals surface area (Å²) in [4.78, 5) is 24.5. The average Bonchev–Trinajstić information content (AvgIpc) is 3.08. The van der Waals surface area contributed by atoms with Gasteiger partial charge in [0, 0.05) is 36.8 Å². The Morgan fingerprint density at radius 3 is 2.69 bits per heavy atom. The van der Waals surface area contributed by atoms with Gasteiger partial charge in [-0.25, -0.2) is 0 Å². The largest absolute Gasteiger partial charge is 0.468 e. The smallest absolute Gasteiger partial charge is 0.271 e. The third kappa shape index (κ3) is 5.68. The van der Waals surface area contributed by atoms with Crippen molar-refractivity contribution in [1.82, 2.24) is 10.2 Å². The van der Waals surface area contributed by atoms with Gasteiger partial charge in [-0.1, -0.05) is 6.07 Å². The van der Waals surface area contributed by atoms with E-state index in [1.54, 1.807) is 18.4 Å². The molecule has 0 aliphatic carbocycles. The molecule has 0 saturated carbocycles. The van der Waals surface area contributed by atoms with Crippen LogP contribution in [0.2, 0.25) is 0 Å². The van der Waals surface area contributed by atoms with Gasteiger partial charge in [0.05, 0.1) is 17.2 Å². The molecule has 0 fully saturated rings. The second-order valence-electron chi connectivity index (χ2n) is 6.36. The van der Waals surface area contributed by atoms with Crippen molar-refractivity contribution in [2.75, 3.05) is 26.0 Å². The molecule has 2 N–H and O–H groups in total. The summed E-state index contributed by atoms with van der Waals surface area (Å²) >= 11 is 0. The number of anilines is 1. The van der Waals surface area contributed by atoms with E-state index >= 15 is 0 Å². The van der Waals surface area contributed by atoms with E-state index < -0.39 is 4.92 Å². The highest BCUT2D eigenvalue weighted by atomic mass is 16.6. The maximum absolute atomic E-state index is 12.2. The van der Waals surface area contributed by atoms with Crippen molar-refractivity contribution in [2.45, 2.75) is 25.4 Å². The zero-order chi connectivity index (χ0) is 19.1. The number of benzene rings is 1. The number of carbonyl (C=O) groups is 1. The molecule has 140 valence electrons. The first-order valence-corrected chi connectivity index (χ1v) is 8.34. The molecule has 2 rings (SSSR count). The van der Waals surface area contributed by atoms with Crippen LogP contribution in [0.4, 0.5) is 11.4 Å². The molecular formula is C18H24N4O4. The molecule has 0 spiro atoms. The molecule has 0 aliphatic heterocycles. The van der Waals surface area contributed by atoms with Gasteiger partial charge in [-0.2, -0.15) is 0 Å². The summed E-state index contributed by atoms with van der Waals surface area (Å²) < 4.78 is 5.46. The summed E-state index contributed by atoms with van der Waals surface area (Å²) in [7, 11) is 3.93. The lowest BCUT2D eigenvalue weighted by Crippen LogP contribution is -2.37. The molecule has 26 heavy (non-hydrogen) atoms. The first kappa shape index (κ1) is 19.6. The zero-order valence-electron chi connectivity index (χ0n) is 15.1. The minimum atomic E-state index is -0.490. The minimum absolute atomic E-state index is 0.0544. The standard InChI is InChI=1S/C18H24N4O4/c1-13(19-12-16(21(2)3)17-8-5-9-26-17)10-18(23)20-14-6-4-7-15(11-14)22(24)25/h4-9,11,13,16,19H,10,12H2,1-3H3,(H,20,23). The van der Waals surface area contributed by atoms with E-state index in [1.165, 1.54) is 12.1 Å². The Bertz CT molecular complexity index is 731. The maximum atomic E-state index is 12.2. The van der Waals surface area contributed by atoms with Crippen LogP contribution in [0.25, 0.3) is 0 Å². The fourth-order valence-corrected chi connectivity index (χ4v) is 2.59. The SMILES string of the molecule is CC(CC(=O)Nc1cccc([N+](=O)[O-])c1)NCC(c1ccco1)N(C)C. The second kappa shape index (κ2) is 9.12. The third-order valence-electron chi connectivity index (χ3n) is 3.99. The van der Waals surface area contributed by atoms with Gasteiger partial charge in [-0.05, 0) is 39.2 Å². The fraction of sp³-hybridized carbons (Fsp3) is 0.389. The first-order chi connectivity index (χ1) is 12.4. The number of nitro groups is 1. The fourth-order valence-electron chi connectivity index (χ4n) is 2.59. The van der Waals surface area contributed by atoms with E-state index in [-0.39, 0.29) is 30.1 Å². The van der Waals surface area contributed by atoms with Crippen molar-refractivity contribution < 1.29 is 14.1 Å². The Balaban J connectivity index is 1.85. The van der Waals surface area contributed by atoms with E-state index in [2.05, 4.69) is 10.6 Å². The molecule has 0 radical (unpaired) electrons. The summed E-state index contributed by atoms with van der Waals surface area (Å²) in [5.74, 6) is 0.653. The molecule has 2 unspecified atom stereocenters. The van der Waals surface area contributed by atoms with Crippen molar-refractivity contribution in [2.24, 2.45) is 0 Å². The zero-order valence-corrected chi connectivity index (χ0v) is 15.1. The molecule has 1 amide bonds. The lowest BCUT2D eigenvalue weighted by atomic mass is 10.1. The quantitative estimate of drug-likeness (QED) is 0.527. The van der Waals surface area contributed by atoms with E-state index in [4.69, 9.17) is 4.42 Å². The number of amides is 1. The number of carbonyl (C=O) groups excluding carboxylic acids is 1. The van der Waals surface area contributed by atoms with Gasteiger partial charge in [0.1, 0.15) is 5.76 Å². The number of nitrogens with zero attached hydrogens (tertiary/aromatic N) is 2. The van der Waals surface area contributed by atoms with Crippen LogP contribution in [-0.4, -0.2) is 42.4 Å². The molecule has 8 heteroatoms. The highest BCUT2D eigenvalue weighted by molar-refractivity contribution is 5.91. The van der Waals surface area contributed by atoms with Crippen LogP contribution in [0.3, 0.4) is 0 Å². The van der Waals surface area contributed by atoms with Crippen LogP contribution >= 0.6 is 0 Å². The molecule has 2 atom stereocenters. The summed E-state index contributed by atoms with van der Waals surface area (Å²) in [6.45, 7) is 2.55. The lowest BCUT2D eigenvalue weighted by Gasteiger charge is -2.24. The summed E-state index contributed by atoms with van der Waals surface area (Å²) in [6.07, 6.45) is 1.89. The van der Waals surface area contributed by atoms with Crippen LogP contribution in [-0.2, 0) is 4.79 Å². The summed E-state index contributed by atoms with van der Waals surface area (Å²) in [6, 6.07) is 9.67. The van der Waals surface area contributed by atoms with Gasteiger partial charge >= 0.3 is 0 Å². The summed E-state index contributed by atoms with van der Waals surface area (Å²) in [5.41, 5.74) is 0.361. The van der Waals surface area contributed by atoms with Crippen molar-refractivity contribution in [1.29, 1.82) is 0 Å². The van der Waals surface area contributed by atoms with Crippen LogP contribution in [0.15, 0.2) is 47.1 Å². The Labute approximate surface area is 152 Å². The Kier molecular flexibility index (Phi) is 6.88. The van der Waals surface area contributed by atoms with Crippen molar-refractivity contribution >= 4 is 17.3 Å². The Morgan fingerprint density at radius 2 is 2.08 bits per heavy atom. The number of likely N-dealkylation sites (N-methyl/N-ethyl adjacent to an activating group) is 1. The minimum Gasteiger partial charge on any atom is -0.468 e. The van der Waals surface area contributed by atoms with Gasteiger partial charge in [-0.3, -0.25) is 19.8 Å². The predicted molar refractivity (Wildman–Crippen MR) is 98.9 cm³/mol. The van der Waals surface area contributed by atoms with Gasteiger partial charge in [0.2, 0.25) is 5.91 Å². The number of hydrogen-bond acceptors (Lipinski definition) is 6. The second-order valence-corrected chi connectivity index (χ2v) is 6.36. The number of non-ortho nitro benzene ring substituents is 1. The molecule has 0 aliphatic rings. The molecule has 1 aromatic carbocycles. The van der Waals surface area contributed by atoms with Crippen molar-refractivity contribution in [3.8, 4) is 0 Å². The normalized spacial score (nSPS) is 13.4. The average molecular weight is 360 g/mol. The molecular weight excluding hydrogens is 336 g/mol. The van der Waals surface area contributed by atoms with Gasteiger partial charge in [-0.15, -0.1) is 0 Å². The van der Waals surface area contributed by atoms with Crippen LogP contribution < -0.4 is 10.6 Å². The maximum Gasteiger partial charge on any atom is 0.271 e. The number of nitro benzene ring substituents is 1. The van der Waals surface area contributed by atoms with Crippen LogP contribution in [0.1, 0.15) is 25.1 Å². The Morgan fingerprint density at radius 1 is 1.31 bits per heavy atom. The van der Waals surface area contributed by atoms with Crippen LogP contribution in [0.5, 0.6) is 0 Å². The van der Waals surface area contributed by atoms with E-state index in [0.717, 1.165) is 5.76 Å². The molecule has 8 nitrogen and oxygen atoms in total. The van der Waals surface area contributed by atoms with E-state index in [0.29, 0.717) is 12.2 Å². The monoisotopic (exact) mass is 360 g/mol. The Hall–Kier alpha value is -2.71.